The molecule has 0 amide bonds. The van der Waals surface area contributed by atoms with Crippen LogP contribution >= 0.6 is 0 Å². The van der Waals surface area contributed by atoms with Crippen LogP contribution in [0.4, 0.5) is 4.39 Å². The Balaban J connectivity index is 1.96. The SMILES string of the molecule is NC(=CC(=NCc1ccccc1F)c1cccnc1)c1ncccn1. The van der Waals surface area contributed by atoms with Gasteiger partial charge in [-0.25, -0.2) is 14.4 Å². The van der Waals surface area contributed by atoms with Gasteiger partial charge < -0.3 is 5.73 Å². The molecule has 2 heterocycles. The summed E-state index contributed by atoms with van der Waals surface area (Å²) in [5.41, 5.74) is 8.33. The summed E-state index contributed by atoms with van der Waals surface area (Å²) >= 11 is 0. The van der Waals surface area contributed by atoms with E-state index in [0.717, 1.165) is 5.56 Å². The Bertz CT molecular complexity index is 892. The molecule has 5 nitrogen and oxygen atoms in total. The first-order valence-electron chi connectivity index (χ1n) is 7.67. The number of allylic oxidation sites excluding steroid dienone is 1. The van der Waals surface area contributed by atoms with Crippen molar-refractivity contribution in [3.63, 3.8) is 0 Å². The topological polar surface area (TPSA) is 77.0 Å². The van der Waals surface area contributed by atoms with E-state index in [1.807, 2.05) is 6.07 Å². The summed E-state index contributed by atoms with van der Waals surface area (Å²) in [6.07, 6.45) is 8.25. The third-order valence-electron chi connectivity index (χ3n) is 3.45. The normalized spacial score (nSPS) is 12.2. The highest BCUT2D eigenvalue weighted by Crippen LogP contribution is 2.11. The smallest absolute Gasteiger partial charge is 0.175 e. The van der Waals surface area contributed by atoms with Crippen molar-refractivity contribution in [2.75, 3.05) is 0 Å². The fraction of sp³-hybridized carbons (Fsp3) is 0.0526. The Labute approximate surface area is 144 Å². The van der Waals surface area contributed by atoms with E-state index in [4.69, 9.17) is 5.73 Å². The van der Waals surface area contributed by atoms with E-state index in [1.165, 1.54) is 6.07 Å². The summed E-state index contributed by atoms with van der Waals surface area (Å²) in [6, 6.07) is 11.9. The number of nitrogens with zero attached hydrogens (tertiary/aromatic N) is 4. The molecule has 2 N–H and O–H groups in total. The Morgan fingerprint density at radius 1 is 1.04 bits per heavy atom. The fourth-order valence-corrected chi connectivity index (χ4v) is 2.19. The van der Waals surface area contributed by atoms with Crippen LogP contribution in [0.3, 0.4) is 0 Å². The molecule has 0 saturated carbocycles. The average molecular weight is 333 g/mol. The largest absolute Gasteiger partial charge is 0.396 e. The second-order valence-corrected chi connectivity index (χ2v) is 5.21. The van der Waals surface area contributed by atoms with Crippen LogP contribution in [-0.4, -0.2) is 20.7 Å². The van der Waals surface area contributed by atoms with Crippen LogP contribution in [-0.2, 0) is 6.54 Å². The molecule has 25 heavy (non-hydrogen) atoms. The lowest BCUT2D eigenvalue weighted by molar-refractivity contribution is 0.611. The summed E-state index contributed by atoms with van der Waals surface area (Å²) < 4.78 is 13.8. The quantitative estimate of drug-likeness (QED) is 0.728. The van der Waals surface area contributed by atoms with E-state index in [2.05, 4.69) is 19.9 Å². The van der Waals surface area contributed by atoms with Crippen LogP contribution in [0.15, 0.2) is 78.3 Å². The van der Waals surface area contributed by atoms with Gasteiger partial charge in [0.15, 0.2) is 5.82 Å². The van der Waals surface area contributed by atoms with Gasteiger partial charge in [0, 0.05) is 35.9 Å². The lowest BCUT2D eigenvalue weighted by Crippen LogP contribution is -2.07. The molecule has 3 rings (SSSR count). The first-order valence-corrected chi connectivity index (χ1v) is 7.67. The maximum absolute atomic E-state index is 13.8. The van der Waals surface area contributed by atoms with Crippen LogP contribution in [0.25, 0.3) is 5.70 Å². The van der Waals surface area contributed by atoms with Crippen molar-refractivity contribution >= 4 is 11.4 Å². The van der Waals surface area contributed by atoms with Gasteiger partial charge in [-0.05, 0) is 30.3 Å². The van der Waals surface area contributed by atoms with E-state index in [0.29, 0.717) is 22.8 Å². The van der Waals surface area contributed by atoms with Gasteiger partial charge in [-0.2, -0.15) is 0 Å². The Morgan fingerprint density at radius 3 is 2.56 bits per heavy atom. The molecule has 0 aliphatic carbocycles. The molecule has 0 bridgehead atoms. The minimum Gasteiger partial charge on any atom is -0.396 e. The highest BCUT2D eigenvalue weighted by atomic mass is 19.1. The van der Waals surface area contributed by atoms with Gasteiger partial charge in [-0.15, -0.1) is 0 Å². The molecule has 0 radical (unpaired) electrons. The maximum Gasteiger partial charge on any atom is 0.175 e. The Morgan fingerprint density at radius 2 is 1.84 bits per heavy atom. The monoisotopic (exact) mass is 333 g/mol. The van der Waals surface area contributed by atoms with Crippen molar-refractivity contribution in [3.8, 4) is 0 Å². The van der Waals surface area contributed by atoms with Gasteiger partial charge in [-0.3, -0.25) is 9.98 Å². The predicted octanol–water partition coefficient (Wildman–Crippen LogP) is 3.00. The van der Waals surface area contributed by atoms with Crippen LogP contribution in [0.1, 0.15) is 17.0 Å². The standard InChI is InChI=1S/C19H16FN5/c20-16-7-2-1-5-14(16)13-25-18(15-6-3-8-22-12-15)11-17(21)19-23-9-4-10-24-19/h1-12H,13,21H2. The number of halogens is 1. The molecule has 2 aromatic heterocycles. The number of aliphatic imine (C=N–C) groups is 1. The number of aromatic nitrogens is 3. The number of rotatable bonds is 5. The van der Waals surface area contributed by atoms with Crippen molar-refractivity contribution in [3.05, 3.63) is 96.1 Å². The molecular weight excluding hydrogens is 317 g/mol. The van der Waals surface area contributed by atoms with E-state index in [9.17, 15) is 4.39 Å². The fourth-order valence-electron chi connectivity index (χ4n) is 2.19. The van der Waals surface area contributed by atoms with Gasteiger partial charge in [0.25, 0.3) is 0 Å². The molecule has 0 aliphatic heterocycles. The highest BCUT2D eigenvalue weighted by Gasteiger charge is 2.06. The molecule has 3 aromatic rings. The van der Waals surface area contributed by atoms with Crippen LogP contribution < -0.4 is 5.73 Å². The number of benzene rings is 1. The molecule has 0 unspecified atom stereocenters. The minimum absolute atomic E-state index is 0.191. The number of nitrogens with two attached hydrogens (primary N) is 1. The van der Waals surface area contributed by atoms with Gasteiger partial charge in [0.1, 0.15) is 5.82 Å². The van der Waals surface area contributed by atoms with Crippen LogP contribution in [0.5, 0.6) is 0 Å². The molecule has 0 fully saturated rings. The van der Waals surface area contributed by atoms with Gasteiger partial charge in [-0.1, -0.05) is 18.2 Å². The maximum atomic E-state index is 13.8. The molecule has 1 aromatic carbocycles. The summed E-state index contributed by atoms with van der Waals surface area (Å²) in [6.45, 7) is 0.191. The highest BCUT2D eigenvalue weighted by molar-refractivity contribution is 6.11. The van der Waals surface area contributed by atoms with Gasteiger partial charge in [0.2, 0.25) is 0 Å². The van der Waals surface area contributed by atoms with E-state index in [1.54, 1.807) is 61.2 Å². The van der Waals surface area contributed by atoms with Crippen molar-refractivity contribution in [1.82, 2.24) is 15.0 Å². The Hall–Kier alpha value is -3.41. The lowest BCUT2D eigenvalue weighted by Gasteiger charge is -2.05. The molecule has 0 saturated heterocycles. The molecule has 6 heteroatoms. The predicted molar refractivity (Wildman–Crippen MR) is 95.1 cm³/mol. The lowest BCUT2D eigenvalue weighted by atomic mass is 10.1. The third kappa shape index (κ3) is 4.32. The second-order valence-electron chi connectivity index (χ2n) is 5.21. The van der Waals surface area contributed by atoms with Crippen molar-refractivity contribution in [2.24, 2.45) is 10.7 Å². The van der Waals surface area contributed by atoms with Crippen LogP contribution in [0, 0.1) is 5.82 Å². The van der Waals surface area contributed by atoms with E-state index in [-0.39, 0.29) is 12.4 Å². The summed E-state index contributed by atoms with van der Waals surface area (Å²) in [5.74, 6) is 0.116. The summed E-state index contributed by atoms with van der Waals surface area (Å²) in [5, 5.41) is 0. The third-order valence-corrected chi connectivity index (χ3v) is 3.45. The molecule has 0 spiro atoms. The average Bonchev–Trinajstić information content (AvgIpc) is 2.67. The molecule has 0 atom stereocenters. The zero-order valence-electron chi connectivity index (χ0n) is 13.4. The minimum atomic E-state index is -0.292. The molecule has 124 valence electrons. The first-order chi connectivity index (χ1) is 12.2. The number of hydrogen-bond donors (Lipinski definition) is 1. The second kappa shape index (κ2) is 7.92. The molecular formula is C19H16FN5. The molecule has 0 aliphatic rings. The van der Waals surface area contributed by atoms with Crippen molar-refractivity contribution in [1.29, 1.82) is 0 Å². The first kappa shape index (κ1) is 16.4. The van der Waals surface area contributed by atoms with Gasteiger partial charge >= 0.3 is 0 Å². The Kier molecular flexibility index (Phi) is 5.21. The summed E-state index contributed by atoms with van der Waals surface area (Å²) in [7, 11) is 0. The van der Waals surface area contributed by atoms with E-state index < -0.39 is 0 Å². The zero-order chi connectivity index (χ0) is 17.5. The zero-order valence-corrected chi connectivity index (χ0v) is 13.4. The van der Waals surface area contributed by atoms with Gasteiger partial charge in [0.05, 0.1) is 18.0 Å². The number of hydrogen-bond acceptors (Lipinski definition) is 5. The van der Waals surface area contributed by atoms with Crippen molar-refractivity contribution < 1.29 is 4.39 Å². The van der Waals surface area contributed by atoms with Crippen LogP contribution in [0.2, 0.25) is 0 Å². The summed E-state index contributed by atoms with van der Waals surface area (Å²) in [4.78, 5) is 16.9. The number of pyridine rings is 1. The van der Waals surface area contributed by atoms with Crippen molar-refractivity contribution in [2.45, 2.75) is 6.54 Å². The van der Waals surface area contributed by atoms with E-state index >= 15 is 0 Å².